The summed E-state index contributed by atoms with van der Waals surface area (Å²) in [6.07, 6.45) is 2.93. The number of aryl methyl sites for hydroxylation is 2. The zero-order valence-electron chi connectivity index (χ0n) is 19.6. The van der Waals surface area contributed by atoms with Gasteiger partial charge in [-0.05, 0) is 55.6 Å². The Morgan fingerprint density at radius 1 is 0.971 bits per heavy atom. The molecule has 0 aliphatic rings. The van der Waals surface area contributed by atoms with E-state index in [1.165, 1.54) is 16.5 Å². The van der Waals surface area contributed by atoms with Crippen LogP contribution in [0.2, 0.25) is 0 Å². The molecule has 0 aliphatic carbocycles. The van der Waals surface area contributed by atoms with Crippen LogP contribution in [0.5, 0.6) is 0 Å². The van der Waals surface area contributed by atoms with Gasteiger partial charge in [0.1, 0.15) is 5.69 Å². The minimum absolute atomic E-state index is 0.363. The molecule has 0 bridgehead atoms. The highest BCUT2D eigenvalue weighted by Gasteiger charge is 2.22. The number of fused-ring (bicyclic) bond motifs is 2. The fourth-order valence-electron chi connectivity index (χ4n) is 4.88. The van der Waals surface area contributed by atoms with Crippen molar-refractivity contribution in [3.63, 3.8) is 0 Å². The van der Waals surface area contributed by atoms with E-state index in [1.54, 1.807) is 0 Å². The molecule has 3 aromatic carbocycles. The maximum absolute atomic E-state index is 12.5. The zero-order valence-corrected chi connectivity index (χ0v) is 19.6. The van der Waals surface area contributed by atoms with E-state index in [0.717, 1.165) is 46.1 Å². The van der Waals surface area contributed by atoms with Crippen LogP contribution >= 0.6 is 0 Å². The second-order valence-corrected chi connectivity index (χ2v) is 8.95. The summed E-state index contributed by atoms with van der Waals surface area (Å²) in [6.45, 7) is 5.94. The quantitative estimate of drug-likeness (QED) is 0.260. The number of aromatic nitrogens is 2. The van der Waals surface area contributed by atoms with Crippen molar-refractivity contribution < 1.29 is 9.90 Å². The third kappa shape index (κ3) is 4.11. The summed E-state index contributed by atoms with van der Waals surface area (Å²) in [4.78, 5) is 15.8. The van der Waals surface area contributed by atoms with Crippen molar-refractivity contribution in [2.24, 2.45) is 0 Å². The Kier molecular flexibility index (Phi) is 5.95. The first kappa shape index (κ1) is 22.0. The number of carboxylic acid groups (broad SMARTS) is 1. The molecular weight excluding hydrogens is 422 g/mol. The molecule has 5 aromatic rings. The van der Waals surface area contributed by atoms with Crippen LogP contribution in [-0.4, -0.2) is 27.2 Å². The third-order valence-electron chi connectivity index (χ3n) is 6.66. The molecule has 0 atom stereocenters. The highest BCUT2D eigenvalue weighted by Crippen LogP contribution is 2.28. The average Bonchev–Trinajstić information content (AvgIpc) is 3.38. The molecule has 0 radical (unpaired) electrons. The van der Waals surface area contributed by atoms with Crippen molar-refractivity contribution in [1.82, 2.24) is 14.9 Å². The molecule has 5 heteroatoms. The molecule has 0 amide bonds. The molecule has 0 aliphatic heterocycles. The van der Waals surface area contributed by atoms with Gasteiger partial charge in [0.05, 0.1) is 0 Å². The summed E-state index contributed by atoms with van der Waals surface area (Å²) < 4.78 is 1.95. The van der Waals surface area contributed by atoms with Crippen LogP contribution in [0.4, 0.5) is 0 Å². The van der Waals surface area contributed by atoms with Gasteiger partial charge in [-0.1, -0.05) is 60.2 Å². The summed E-state index contributed by atoms with van der Waals surface area (Å²) in [7, 11) is 0. The second-order valence-electron chi connectivity index (χ2n) is 8.95. The fraction of sp³-hybridized carbons (Fsp3) is 0.207. The monoisotopic (exact) mass is 451 g/mol. The number of hydrogen-bond acceptors (Lipinski definition) is 2. The molecule has 0 saturated heterocycles. The van der Waals surface area contributed by atoms with Gasteiger partial charge in [0.25, 0.3) is 0 Å². The average molecular weight is 452 g/mol. The van der Waals surface area contributed by atoms with Gasteiger partial charge < -0.3 is 20.0 Å². The van der Waals surface area contributed by atoms with E-state index in [-0.39, 0.29) is 0 Å². The topological polar surface area (TPSA) is 70.1 Å². The molecule has 0 saturated carbocycles. The first-order chi connectivity index (χ1) is 16.5. The maximum Gasteiger partial charge on any atom is 0.352 e. The number of H-pyrrole nitrogens is 1. The van der Waals surface area contributed by atoms with Crippen molar-refractivity contribution in [3.05, 3.63) is 106 Å². The molecule has 5 rings (SSSR count). The lowest BCUT2D eigenvalue weighted by Crippen LogP contribution is -2.19. The Hall–Kier alpha value is -3.83. The molecule has 3 N–H and O–H groups in total. The van der Waals surface area contributed by atoms with Crippen molar-refractivity contribution in [2.75, 3.05) is 6.54 Å². The van der Waals surface area contributed by atoms with Crippen molar-refractivity contribution in [2.45, 2.75) is 33.4 Å². The van der Waals surface area contributed by atoms with E-state index in [4.69, 9.17) is 0 Å². The summed E-state index contributed by atoms with van der Waals surface area (Å²) in [6, 6.07) is 22.6. The smallest absolute Gasteiger partial charge is 0.352 e. The van der Waals surface area contributed by atoms with Crippen LogP contribution in [0.3, 0.4) is 0 Å². The fourth-order valence-corrected chi connectivity index (χ4v) is 4.88. The predicted molar refractivity (Wildman–Crippen MR) is 138 cm³/mol. The first-order valence-corrected chi connectivity index (χ1v) is 11.7. The highest BCUT2D eigenvalue weighted by molar-refractivity contribution is 5.98. The second kappa shape index (κ2) is 9.20. The van der Waals surface area contributed by atoms with Gasteiger partial charge in [-0.25, -0.2) is 4.79 Å². The number of nitrogens with zero attached hydrogens (tertiary/aromatic N) is 1. The van der Waals surface area contributed by atoms with E-state index in [0.29, 0.717) is 18.8 Å². The van der Waals surface area contributed by atoms with E-state index in [2.05, 4.69) is 66.7 Å². The molecule has 0 unspecified atom stereocenters. The normalized spacial score (nSPS) is 11.5. The summed E-state index contributed by atoms with van der Waals surface area (Å²) in [5.74, 6) is -0.894. The van der Waals surface area contributed by atoms with Crippen molar-refractivity contribution >= 4 is 27.8 Å². The molecule has 0 spiro atoms. The number of carbonyl (C=O) groups is 1. The molecule has 5 nitrogen and oxygen atoms in total. The molecule has 2 heterocycles. The van der Waals surface area contributed by atoms with E-state index >= 15 is 0 Å². The Bertz CT molecular complexity index is 1490. The van der Waals surface area contributed by atoms with Crippen LogP contribution in [0.15, 0.2) is 72.9 Å². The SMILES string of the molecule is Cc1ccc(C)c(Cn2c(C(=O)O)c(CNCCc3c[nH]c4ccccc34)c3ccccc32)c1. The van der Waals surface area contributed by atoms with Crippen molar-refractivity contribution in [1.29, 1.82) is 0 Å². The number of aromatic carboxylic acids is 1. The number of nitrogens with one attached hydrogen (secondary N) is 2. The number of carboxylic acids is 1. The van der Waals surface area contributed by atoms with Crippen molar-refractivity contribution in [3.8, 4) is 0 Å². The maximum atomic E-state index is 12.5. The van der Waals surface area contributed by atoms with Gasteiger partial charge in [-0.15, -0.1) is 0 Å². The van der Waals surface area contributed by atoms with Gasteiger partial charge >= 0.3 is 5.97 Å². The Labute approximate surface area is 199 Å². The number of para-hydroxylation sites is 2. The minimum Gasteiger partial charge on any atom is -0.477 e. The first-order valence-electron chi connectivity index (χ1n) is 11.7. The molecule has 0 fully saturated rings. The van der Waals surface area contributed by atoms with Gasteiger partial charge in [0.2, 0.25) is 0 Å². The summed E-state index contributed by atoms with van der Waals surface area (Å²) >= 11 is 0. The van der Waals surface area contributed by atoms with Gasteiger partial charge in [0.15, 0.2) is 0 Å². The number of hydrogen-bond donors (Lipinski definition) is 3. The Morgan fingerprint density at radius 3 is 2.56 bits per heavy atom. The number of aromatic amines is 1. The van der Waals surface area contributed by atoms with Crippen LogP contribution in [0, 0.1) is 13.8 Å². The lowest BCUT2D eigenvalue weighted by molar-refractivity contribution is 0.0684. The standard InChI is InChI=1S/C29H29N3O2/c1-19-11-12-20(2)22(15-19)18-32-27-10-6-4-8-24(27)25(28(32)29(33)34)17-30-14-13-21-16-31-26-9-5-3-7-23(21)26/h3-12,15-16,30-31H,13-14,17-18H2,1-2H3,(H,33,34). The van der Waals surface area contributed by atoms with Crippen LogP contribution in [0.1, 0.15) is 38.3 Å². The van der Waals surface area contributed by atoms with Gasteiger partial charge in [-0.2, -0.15) is 0 Å². The molecule has 172 valence electrons. The lowest BCUT2D eigenvalue weighted by Gasteiger charge is -2.12. The summed E-state index contributed by atoms with van der Waals surface area (Å²) in [5.41, 5.74) is 8.04. The number of rotatable bonds is 8. The van der Waals surface area contributed by atoms with E-state index < -0.39 is 5.97 Å². The lowest BCUT2D eigenvalue weighted by atomic mass is 10.1. The summed E-state index contributed by atoms with van der Waals surface area (Å²) in [5, 5.41) is 15.9. The molecule has 34 heavy (non-hydrogen) atoms. The Balaban J connectivity index is 1.43. The van der Waals surface area contributed by atoms with Gasteiger partial charge in [0, 0.05) is 46.7 Å². The zero-order chi connectivity index (χ0) is 23.7. The Morgan fingerprint density at radius 2 is 1.74 bits per heavy atom. The molecule has 2 aromatic heterocycles. The van der Waals surface area contributed by atoms with Crippen LogP contribution in [0.25, 0.3) is 21.8 Å². The molecular formula is C29H29N3O2. The highest BCUT2D eigenvalue weighted by atomic mass is 16.4. The largest absolute Gasteiger partial charge is 0.477 e. The predicted octanol–water partition coefficient (Wildman–Crippen LogP) is 5.82. The van der Waals surface area contributed by atoms with Gasteiger partial charge in [-0.3, -0.25) is 0 Å². The van der Waals surface area contributed by atoms with Crippen LogP contribution < -0.4 is 5.32 Å². The minimum atomic E-state index is -0.894. The number of benzene rings is 3. The third-order valence-corrected chi connectivity index (χ3v) is 6.66. The van der Waals surface area contributed by atoms with Crippen LogP contribution in [-0.2, 0) is 19.5 Å². The van der Waals surface area contributed by atoms with E-state index in [1.807, 2.05) is 34.9 Å². The van der Waals surface area contributed by atoms with E-state index in [9.17, 15) is 9.90 Å².